The number of amides is 1. The van der Waals surface area contributed by atoms with Crippen LogP contribution in [0.5, 0.6) is 0 Å². The number of pyridine rings is 1. The maximum absolute atomic E-state index is 12.9. The number of hydrogen-bond donors (Lipinski definition) is 1. The number of carboxylic acid groups (broad SMARTS) is 1. The average molecular weight is 480 g/mol. The Morgan fingerprint density at radius 1 is 1.21 bits per heavy atom. The zero-order valence-corrected chi connectivity index (χ0v) is 18.6. The van der Waals surface area contributed by atoms with E-state index in [4.69, 9.17) is 19.4 Å². The van der Waals surface area contributed by atoms with Gasteiger partial charge in [0.25, 0.3) is 5.91 Å². The Bertz CT molecular complexity index is 1030. The number of carbonyl (C=O) groups is 2. The molecule has 3 aliphatic rings. The van der Waals surface area contributed by atoms with Crippen LogP contribution in [-0.4, -0.2) is 71.6 Å². The Morgan fingerprint density at radius 2 is 1.94 bits per heavy atom. The molecule has 1 unspecified atom stereocenters. The number of alkyl halides is 3. The summed E-state index contributed by atoms with van der Waals surface area (Å²) in [6.07, 6.45) is 1.47. The highest BCUT2D eigenvalue weighted by atomic mass is 19.4. The Morgan fingerprint density at radius 3 is 2.62 bits per heavy atom. The molecule has 1 atom stereocenters. The Kier molecular flexibility index (Phi) is 7.09. The summed E-state index contributed by atoms with van der Waals surface area (Å²) in [5, 5.41) is 8.13. The molecular formula is C24H27F3N2O5. The fourth-order valence-electron chi connectivity index (χ4n) is 4.44. The predicted octanol–water partition coefficient (Wildman–Crippen LogP) is 3.92. The van der Waals surface area contributed by atoms with Gasteiger partial charge in [-0.15, -0.1) is 0 Å². The summed E-state index contributed by atoms with van der Waals surface area (Å²) < 4.78 is 43.7. The lowest BCUT2D eigenvalue weighted by atomic mass is 9.79. The van der Waals surface area contributed by atoms with Crippen LogP contribution in [-0.2, 0) is 14.3 Å². The van der Waals surface area contributed by atoms with Gasteiger partial charge < -0.3 is 19.5 Å². The summed E-state index contributed by atoms with van der Waals surface area (Å²) in [7, 11) is 0. The van der Waals surface area contributed by atoms with Crippen molar-refractivity contribution in [3.8, 4) is 0 Å². The van der Waals surface area contributed by atoms with Gasteiger partial charge in [-0.3, -0.25) is 9.78 Å². The van der Waals surface area contributed by atoms with E-state index in [9.17, 15) is 18.0 Å². The molecule has 0 bridgehead atoms. The third-order valence-corrected chi connectivity index (χ3v) is 6.56. The fourth-order valence-corrected chi connectivity index (χ4v) is 4.44. The molecule has 1 saturated carbocycles. The van der Waals surface area contributed by atoms with Crippen molar-refractivity contribution in [2.45, 2.75) is 37.5 Å². The summed E-state index contributed by atoms with van der Waals surface area (Å²) in [4.78, 5) is 28.0. The van der Waals surface area contributed by atoms with Gasteiger partial charge in [0.05, 0.1) is 18.6 Å². The van der Waals surface area contributed by atoms with Crippen LogP contribution in [0.15, 0.2) is 36.5 Å². The second-order valence-corrected chi connectivity index (χ2v) is 9.08. The maximum Gasteiger partial charge on any atom is 0.490 e. The molecule has 1 amide bonds. The monoisotopic (exact) mass is 480 g/mol. The normalized spacial score (nSPS) is 21.1. The van der Waals surface area contributed by atoms with Gasteiger partial charge in [-0.1, -0.05) is 6.07 Å². The first kappa shape index (κ1) is 24.4. The van der Waals surface area contributed by atoms with Gasteiger partial charge in [-0.25, -0.2) is 4.79 Å². The third-order valence-electron chi connectivity index (χ3n) is 6.56. The Labute approximate surface area is 194 Å². The lowest BCUT2D eigenvalue weighted by molar-refractivity contribution is -0.192. The van der Waals surface area contributed by atoms with E-state index in [1.807, 2.05) is 35.2 Å². The molecule has 1 aromatic heterocycles. The van der Waals surface area contributed by atoms with Crippen LogP contribution >= 0.6 is 0 Å². The van der Waals surface area contributed by atoms with Crippen LogP contribution in [0, 0.1) is 11.8 Å². The minimum Gasteiger partial charge on any atom is -0.475 e. The van der Waals surface area contributed by atoms with E-state index in [1.54, 1.807) is 6.20 Å². The highest BCUT2D eigenvalue weighted by Crippen LogP contribution is 2.42. The average Bonchev–Trinajstić information content (AvgIpc) is 3.51. The summed E-state index contributed by atoms with van der Waals surface area (Å²) >= 11 is 0. The largest absolute Gasteiger partial charge is 0.490 e. The predicted molar refractivity (Wildman–Crippen MR) is 116 cm³/mol. The number of likely N-dealkylation sites (tertiary alicyclic amines) is 1. The van der Waals surface area contributed by atoms with E-state index in [0.717, 1.165) is 55.0 Å². The zero-order valence-electron chi connectivity index (χ0n) is 18.6. The minimum absolute atomic E-state index is 0.0885. The van der Waals surface area contributed by atoms with E-state index in [0.29, 0.717) is 19.0 Å². The van der Waals surface area contributed by atoms with Crippen molar-refractivity contribution in [2.75, 3.05) is 32.9 Å². The van der Waals surface area contributed by atoms with Crippen molar-refractivity contribution in [3.05, 3.63) is 42.1 Å². The van der Waals surface area contributed by atoms with Crippen LogP contribution in [0.1, 0.15) is 36.0 Å². The van der Waals surface area contributed by atoms with Crippen molar-refractivity contribution in [3.63, 3.8) is 0 Å². The van der Waals surface area contributed by atoms with E-state index < -0.39 is 12.1 Å². The first-order chi connectivity index (χ1) is 16.2. The number of carbonyl (C=O) groups excluding carboxylic acids is 1. The molecule has 5 rings (SSSR count). The summed E-state index contributed by atoms with van der Waals surface area (Å²) in [6.45, 7) is 3.94. The second kappa shape index (κ2) is 9.87. The molecule has 1 N–H and O–H groups in total. The van der Waals surface area contributed by atoms with Crippen LogP contribution in [0.3, 0.4) is 0 Å². The maximum atomic E-state index is 12.9. The molecule has 10 heteroatoms. The van der Waals surface area contributed by atoms with Gasteiger partial charge in [-0.2, -0.15) is 13.2 Å². The van der Waals surface area contributed by atoms with Crippen molar-refractivity contribution in [1.82, 2.24) is 9.88 Å². The van der Waals surface area contributed by atoms with E-state index >= 15 is 0 Å². The van der Waals surface area contributed by atoms with Crippen LogP contribution in [0.2, 0.25) is 0 Å². The number of nitrogens with zero attached hydrogens (tertiary/aromatic N) is 2. The first-order valence-corrected chi connectivity index (χ1v) is 11.3. The molecule has 2 aromatic rings. The number of halogens is 3. The number of hydrogen-bond acceptors (Lipinski definition) is 5. The summed E-state index contributed by atoms with van der Waals surface area (Å²) in [5.74, 6) is -1.35. The van der Waals surface area contributed by atoms with Crippen LogP contribution < -0.4 is 0 Å². The quantitative estimate of drug-likeness (QED) is 0.631. The third kappa shape index (κ3) is 5.67. The highest BCUT2D eigenvalue weighted by Gasteiger charge is 2.54. The standard InChI is InChI=1S/C22H26N2O3.C2HF3O2/c25-21(18-5-6-20-17(12-18)2-1-9-23-20)24-14-22(15-24)19(8-11-27-22)7-10-26-13-16-3-4-16;3-2(4,5)1(6)7/h1-2,5-6,9,12,16,19H,3-4,7-8,10-11,13-15H2;(H,6,7). The van der Waals surface area contributed by atoms with Gasteiger partial charge in [0.2, 0.25) is 0 Å². The molecule has 2 aliphatic heterocycles. The van der Waals surface area contributed by atoms with Crippen molar-refractivity contribution in [1.29, 1.82) is 0 Å². The van der Waals surface area contributed by atoms with Gasteiger partial charge in [0.1, 0.15) is 5.60 Å². The number of carboxylic acids is 1. The van der Waals surface area contributed by atoms with E-state index in [1.165, 1.54) is 12.8 Å². The number of ether oxygens (including phenoxy) is 2. The van der Waals surface area contributed by atoms with Gasteiger partial charge >= 0.3 is 12.1 Å². The SMILES string of the molecule is O=C(O)C(F)(F)F.O=C(c1ccc2ncccc2c1)N1CC2(C1)OCCC2CCOCC1CC1. The van der Waals surface area contributed by atoms with E-state index in [-0.39, 0.29) is 11.5 Å². The lowest BCUT2D eigenvalue weighted by Gasteiger charge is -2.50. The molecule has 184 valence electrons. The number of aliphatic carboxylic acids is 1. The molecule has 0 radical (unpaired) electrons. The van der Waals surface area contributed by atoms with Crippen molar-refractivity contribution >= 4 is 22.8 Å². The number of fused-ring (bicyclic) bond motifs is 1. The Balaban J connectivity index is 0.000000344. The molecule has 7 nitrogen and oxygen atoms in total. The van der Waals surface area contributed by atoms with E-state index in [2.05, 4.69) is 4.98 Å². The van der Waals surface area contributed by atoms with Crippen molar-refractivity contribution < 1.29 is 37.3 Å². The fraction of sp³-hybridized carbons (Fsp3) is 0.542. The molecular weight excluding hydrogens is 453 g/mol. The topological polar surface area (TPSA) is 89.0 Å². The lowest BCUT2D eigenvalue weighted by Crippen LogP contribution is -2.66. The van der Waals surface area contributed by atoms with Crippen molar-refractivity contribution in [2.24, 2.45) is 11.8 Å². The van der Waals surface area contributed by atoms with Gasteiger partial charge in [0, 0.05) is 37.0 Å². The first-order valence-electron chi connectivity index (χ1n) is 11.3. The number of rotatable bonds is 6. The van der Waals surface area contributed by atoms with Crippen LogP contribution in [0.4, 0.5) is 13.2 Å². The second-order valence-electron chi connectivity index (χ2n) is 9.08. The minimum atomic E-state index is -5.08. The zero-order chi connectivity index (χ0) is 24.3. The molecule has 1 aliphatic carbocycles. The highest BCUT2D eigenvalue weighted by molar-refractivity contribution is 5.98. The number of aromatic nitrogens is 1. The molecule has 3 heterocycles. The summed E-state index contributed by atoms with van der Waals surface area (Å²) in [5.41, 5.74) is 1.50. The van der Waals surface area contributed by atoms with Crippen LogP contribution in [0.25, 0.3) is 10.9 Å². The number of benzene rings is 1. The molecule has 34 heavy (non-hydrogen) atoms. The molecule has 3 fully saturated rings. The molecule has 1 aromatic carbocycles. The molecule has 2 saturated heterocycles. The Hall–Kier alpha value is -2.72. The smallest absolute Gasteiger partial charge is 0.475 e. The summed E-state index contributed by atoms with van der Waals surface area (Å²) in [6, 6.07) is 9.63. The van der Waals surface area contributed by atoms with Gasteiger partial charge in [0.15, 0.2) is 0 Å². The van der Waals surface area contributed by atoms with Gasteiger partial charge in [-0.05, 0) is 61.8 Å². The molecule has 1 spiro atoms.